The van der Waals surface area contributed by atoms with Crippen LogP contribution >= 0.6 is 0 Å². The van der Waals surface area contributed by atoms with Crippen LogP contribution in [0.3, 0.4) is 0 Å². The molecular formula is C14H19N3O. The Morgan fingerprint density at radius 1 is 1.50 bits per heavy atom. The normalized spacial score (nSPS) is 24.4. The zero-order valence-electron chi connectivity index (χ0n) is 10.6. The highest BCUT2D eigenvalue weighted by Gasteiger charge is 2.23. The van der Waals surface area contributed by atoms with E-state index in [2.05, 4.69) is 23.2 Å². The Balaban J connectivity index is 2.28. The third kappa shape index (κ3) is 2.81. The van der Waals surface area contributed by atoms with Crippen LogP contribution in [0.25, 0.3) is 0 Å². The van der Waals surface area contributed by atoms with Gasteiger partial charge in [0.2, 0.25) is 0 Å². The van der Waals surface area contributed by atoms with Crippen LogP contribution in [0.2, 0.25) is 0 Å². The van der Waals surface area contributed by atoms with Crippen LogP contribution in [0.15, 0.2) is 24.3 Å². The van der Waals surface area contributed by atoms with E-state index >= 15 is 0 Å². The van der Waals surface area contributed by atoms with Crippen LogP contribution in [0, 0.1) is 17.2 Å². The van der Waals surface area contributed by atoms with Crippen molar-refractivity contribution < 1.29 is 5.11 Å². The van der Waals surface area contributed by atoms with E-state index < -0.39 is 0 Å². The number of rotatable bonds is 2. The molecule has 0 saturated carbocycles. The standard InChI is InChI=1S/C14H19N3O/c1-11-7-16-8-14(10-18)17(9-11)13-4-2-3-12(5-13)6-15/h2-5,11,14,16,18H,7-10H2,1H3. The Hall–Kier alpha value is -1.57. The molecule has 0 bridgehead atoms. The number of nitriles is 1. The van der Waals surface area contributed by atoms with E-state index in [-0.39, 0.29) is 12.6 Å². The molecule has 0 spiro atoms. The topological polar surface area (TPSA) is 59.3 Å². The van der Waals surface area contributed by atoms with Crippen molar-refractivity contribution in [2.75, 3.05) is 31.1 Å². The zero-order chi connectivity index (χ0) is 13.0. The van der Waals surface area contributed by atoms with Gasteiger partial charge in [0.05, 0.1) is 24.3 Å². The molecule has 1 aliphatic rings. The van der Waals surface area contributed by atoms with Crippen molar-refractivity contribution in [1.29, 1.82) is 5.26 Å². The van der Waals surface area contributed by atoms with E-state index in [1.807, 2.05) is 18.2 Å². The van der Waals surface area contributed by atoms with E-state index in [0.29, 0.717) is 11.5 Å². The monoisotopic (exact) mass is 245 g/mol. The Morgan fingerprint density at radius 3 is 3.06 bits per heavy atom. The van der Waals surface area contributed by atoms with Crippen LogP contribution < -0.4 is 10.2 Å². The summed E-state index contributed by atoms with van der Waals surface area (Å²) in [6.07, 6.45) is 0. The second-order valence-corrected chi connectivity index (χ2v) is 4.91. The SMILES string of the molecule is CC1CNCC(CO)N(c2cccc(C#N)c2)C1. The minimum absolute atomic E-state index is 0.0730. The molecule has 1 aromatic carbocycles. The van der Waals surface area contributed by atoms with Crippen LogP contribution in [0.4, 0.5) is 5.69 Å². The van der Waals surface area contributed by atoms with E-state index in [9.17, 15) is 5.11 Å². The highest BCUT2D eigenvalue weighted by molar-refractivity contribution is 5.52. The second-order valence-electron chi connectivity index (χ2n) is 4.91. The molecule has 18 heavy (non-hydrogen) atoms. The molecule has 1 fully saturated rings. The number of hydrogen-bond donors (Lipinski definition) is 2. The van der Waals surface area contributed by atoms with Crippen molar-refractivity contribution in [2.24, 2.45) is 5.92 Å². The Morgan fingerprint density at radius 2 is 2.33 bits per heavy atom. The Kier molecular flexibility index (Phi) is 4.19. The van der Waals surface area contributed by atoms with Gasteiger partial charge in [0, 0.05) is 18.8 Å². The van der Waals surface area contributed by atoms with Crippen molar-refractivity contribution in [3.05, 3.63) is 29.8 Å². The predicted molar refractivity (Wildman–Crippen MR) is 71.4 cm³/mol. The van der Waals surface area contributed by atoms with E-state index in [0.717, 1.165) is 25.3 Å². The average Bonchev–Trinajstić information content (AvgIpc) is 2.60. The van der Waals surface area contributed by atoms with Gasteiger partial charge in [0.1, 0.15) is 0 Å². The lowest BCUT2D eigenvalue weighted by Gasteiger charge is -2.31. The van der Waals surface area contributed by atoms with Crippen LogP contribution in [-0.4, -0.2) is 37.4 Å². The van der Waals surface area contributed by atoms with Crippen molar-refractivity contribution in [2.45, 2.75) is 13.0 Å². The first-order valence-corrected chi connectivity index (χ1v) is 6.33. The molecule has 1 aliphatic heterocycles. The molecule has 2 unspecified atom stereocenters. The summed E-state index contributed by atoms with van der Waals surface area (Å²) in [5.74, 6) is 0.521. The van der Waals surface area contributed by atoms with Gasteiger partial charge in [-0.25, -0.2) is 0 Å². The molecular weight excluding hydrogens is 226 g/mol. The van der Waals surface area contributed by atoms with Gasteiger partial charge >= 0.3 is 0 Å². The maximum Gasteiger partial charge on any atom is 0.0992 e. The molecule has 1 aromatic rings. The van der Waals surface area contributed by atoms with Gasteiger partial charge in [-0.2, -0.15) is 5.26 Å². The van der Waals surface area contributed by atoms with E-state index in [1.165, 1.54) is 0 Å². The summed E-state index contributed by atoms with van der Waals surface area (Å²) in [6, 6.07) is 9.82. The molecule has 0 aromatic heterocycles. The minimum Gasteiger partial charge on any atom is -0.394 e. The molecule has 2 N–H and O–H groups in total. The van der Waals surface area contributed by atoms with E-state index in [4.69, 9.17) is 5.26 Å². The minimum atomic E-state index is 0.0730. The largest absolute Gasteiger partial charge is 0.394 e. The number of nitrogens with one attached hydrogen (secondary N) is 1. The van der Waals surface area contributed by atoms with Gasteiger partial charge in [0.25, 0.3) is 0 Å². The summed E-state index contributed by atoms with van der Waals surface area (Å²) in [5.41, 5.74) is 1.68. The summed E-state index contributed by atoms with van der Waals surface area (Å²) >= 11 is 0. The van der Waals surface area contributed by atoms with Crippen molar-refractivity contribution in [1.82, 2.24) is 5.32 Å². The first kappa shape index (κ1) is 12.9. The van der Waals surface area contributed by atoms with Crippen LogP contribution in [0.1, 0.15) is 12.5 Å². The maximum atomic E-state index is 9.51. The van der Waals surface area contributed by atoms with Crippen molar-refractivity contribution in [3.63, 3.8) is 0 Å². The van der Waals surface area contributed by atoms with Gasteiger partial charge in [0.15, 0.2) is 0 Å². The predicted octanol–water partition coefficient (Wildman–Crippen LogP) is 0.965. The Bertz CT molecular complexity index is 441. The van der Waals surface area contributed by atoms with Gasteiger partial charge in [-0.15, -0.1) is 0 Å². The third-order valence-corrected chi connectivity index (χ3v) is 3.34. The third-order valence-electron chi connectivity index (χ3n) is 3.34. The van der Waals surface area contributed by atoms with E-state index in [1.54, 1.807) is 6.07 Å². The summed E-state index contributed by atoms with van der Waals surface area (Å²) in [6.45, 7) is 4.94. The fourth-order valence-corrected chi connectivity index (χ4v) is 2.39. The number of anilines is 1. The quantitative estimate of drug-likeness (QED) is 0.815. The van der Waals surface area contributed by atoms with Crippen LogP contribution in [0.5, 0.6) is 0 Å². The summed E-state index contributed by atoms with van der Waals surface area (Å²) < 4.78 is 0. The lowest BCUT2D eigenvalue weighted by molar-refractivity contribution is 0.259. The summed E-state index contributed by atoms with van der Waals surface area (Å²) in [4.78, 5) is 2.20. The fraction of sp³-hybridized carbons (Fsp3) is 0.500. The molecule has 4 heteroatoms. The molecule has 1 heterocycles. The number of aliphatic hydroxyl groups excluding tert-OH is 1. The highest BCUT2D eigenvalue weighted by atomic mass is 16.3. The average molecular weight is 245 g/mol. The summed E-state index contributed by atoms with van der Waals surface area (Å²) in [5, 5.41) is 21.8. The van der Waals surface area contributed by atoms with Crippen molar-refractivity contribution in [3.8, 4) is 6.07 Å². The second kappa shape index (κ2) is 5.85. The first-order valence-electron chi connectivity index (χ1n) is 6.33. The maximum absolute atomic E-state index is 9.51. The fourth-order valence-electron chi connectivity index (χ4n) is 2.39. The molecule has 2 atom stereocenters. The molecule has 1 saturated heterocycles. The Labute approximate surface area is 108 Å². The van der Waals surface area contributed by atoms with Gasteiger partial charge < -0.3 is 15.3 Å². The first-order chi connectivity index (χ1) is 8.74. The van der Waals surface area contributed by atoms with Gasteiger partial charge in [-0.1, -0.05) is 13.0 Å². The molecule has 4 nitrogen and oxygen atoms in total. The number of hydrogen-bond acceptors (Lipinski definition) is 4. The number of benzene rings is 1. The number of aliphatic hydroxyl groups is 1. The zero-order valence-corrected chi connectivity index (χ0v) is 10.6. The highest BCUT2D eigenvalue weighted by Crippen LogP contribution is 2.21. The molecule has 96 valence electrons. The van der Waals surface area contributed by atoms with Gasteiger partial charge in [-0.05, 0) is 30.7 Å². The van der Waals surface area contributed by atoms with Crippen LogP contribution in [-0.2, 0) is 0 Å². The lowest BCUT2D eigenvalue weighted by atomic mass is 10.1. The van der Waals surface area contributed by atoms with Gasteiger partial charge in [-0.3, -0.25) is 0 Å². The smallest absolute Gasteiger partial charge is 0.0992 e. The van der Waals surface area contributed by atoms with Crippen molar-refractivity contribution >= 4 is 5.69 Å². The number of nitrogens with zero attached hydrogens (tertiary/aromatic N) is 2. The molecule has 2 rings (SSSR count). The molecule has 0 radical (unpaired) electrons. The summed E-state index contributed by atoms with van der Waals surface area (Å²) in [7, 11) is 0. The lowest BCUT2D eigenvalue weighted by Crippen LogP contribution is -2.42. The molecule has 0 amide bonds. The molecule has 0 aliphatic carbocycles.